The number of hydrogen-bond acceptors (Lipinski definition) is 5. The summed E-state index contributed by atoms with van der Waals surface area (Å²) in [6, 6.07) is 0. The number of nitrogens with one attached hydrogen (secondary N) is 1. The zero-order chi connectivity index (χ0) is 25.2. The van der Waals surface area contributed by atoms with E-state index in [1.54, 1.807) is 34.7 Å². The fourth-order valence-corrected chi connectivity index (χ4v) is 2.83. The molecule has 0 heterocycles. The third-order valence-electron chi connectivity index (χ3n) is 6.49. The molecule has 0 fully saturated rings. The van der Waals surface area contributed by atoms with Crippen molar-refractivity contribution < 1.29 is 23.9 Å². The minimum absolute atomic E-state index is 0.00938. The molecule has 176 valence electrons. The third-order valence-corrected chi connectivity index (χ3v) is 6.49. The molecule has 0 atom stereocenters. The minimum Gasteiger partial charge on any atom is -0.454 e. The van der Waals surface area contributed by atoms with E-state index in [2.05, 4.69) is 5.32 Å². The van der Waals surface area contributed by atoms with Crippen molar-refractivity contribution in [3.63, 3.8) is 0 Å². The molecule has 0 aliphatic heterocycles. The first kappa shape index (κ1) is 28.9. The van der Waals surface area contributed by atoms with E-state index in [1.165, 1.54) is 25.7 Å². The molecule has 0 saturated heterocycles. The molecule has 0 aliphatic carbocycles. The quantitative estimate of drug-likeness (QED) is 0.259. The Morgan fingerprint density at radius 3 is 1.68 bits per heavy atom. The first-order valence-electron chi connectivity index (χ1n) is 10.7. The molecule has 31 heavy (non-hydrogen) atoms. The van der Waals surface area contributed by atoms with Gasteiger partial charge in [-0.3, -0.25) is 19.2 Å². The Balaban J connectivity index is 5.73. The maximum Gasteiger partial charge on any atom is 0.321 e. The van der Waals surface area contributed by atoms with E-state index in [0.29, 0.717) is 6.44 Å². The first-order valence-corrected chi connectivity index (χ1v) is 10.7. The third kappa shape index (κ3) is 6.43. The van der Waals surface area contributed by atoms with Gasteiger partial charge in [0.1, 0.15) is 30.2 Å². The normalized spacial score (nSPS) is 13.8. The lowest BCUT2D eigenvalue weighted by Gasteiger charge is -2.36. The van der Waals surface area contributed by atoms with Crippen LogP contribution in [0, 0.1) is 10.8 Å². The first-order chi connectivity index (χ1) is 13.7. The molecule has 0 bridgehead atoms. The Labute approximate surface area is 188 Å². The standard InChI is InChI=1S/C23H41BN2O5/c1-14(20(4,5)16(3)27)15(2)23(10,11)31-19(30)21(6,7)17(28)25-22(8,9)18(29)26(12)13-24/h13,24H2,1-12H3,(H,25,28)/b15-14-. The molecule has 0 aliphatic rings. The molecule has 0 spiro atoms. The number of amides is 2. The second kappa shape index (κ2) is 9.57. The molecule has 0 rings (SSSR count). The number of carbonyl (C=O) groups excluding carboxylic acids is 4. The van der Waals surface area contributed by atoms with E-state index in [4.69, 9.17) is 4.74 Å². The lowest BCUT2D eigenvalue weighted by molar-refractivity contribution is -0.168. The summed E-state index contributed by atoms with van der Waals surface area (Å²) >= 11 is 0. The second-order valence-corrected chi connectivity index (χ2v) is 10.4. The smallest absolute Gasteiger partial charge is 0.321 e. The summed E-state index contributed by atoms with van der Waals surface area (Å²) in [6.07, 6.45) is 0.499. The van der Waals surface area contributed by atoms with Gasteiger partial charge in [0.15, 0.2) is 0 Å². The number of carbonyl (C=O) groups is 4. The van der Waals surface area contributed by atoms with E-state index in [1.807, 2.05) is 35.5 Å². The van der Waals surface area contributed by atoms with Crippen LogP contribution in [0.3, 0.4) is 0 Å². The summed E-state index contributed by atoms with van der Waals surface area (Å²) in [7, 11) is 3.49. The summed E-state index contributed by atoms with van der Waals surface area (Å²) in [5.74, 6) is -1.56. The van der Waals surface area contributed by atoms with E-state index in [9.17, 15) is 19.2 Å². The highest BCUT2D eigenvalue weighted by atomic mass is 16.6. The maximum atomic E-state index is 13.0. The highest BCUT2D eigenvalue weighted by Crippen LogP contribution is 2.36. The Morgan fingerprint density at radius 1 is 0.839 bits per heavy atom. The van der Waals surface area contributed by atoms with E-state index >= 15 is 0 Å². The van der Waals surface area contributed by atoms with Gasteiger partial charge in [0.25, 0.3) is 0 Å². The van der Waals surface area contributed by atoms with Gasteiger partial charge in [0.05, 0.1) is 0 Å². The molecule has 1 N–H and O–H groups in total. The molecule has 0 aromatic carbocycles. The van der Waals surface area contributed by atoms with Gasteiger partial charge in [-0.05, 0) is 88.2 Å². The van der Waals surface area contributed by atoms with Crippen molar-refractivity contribution in [1.29, 1.82) is 0 Å². The average molecular weight is 436 g/mol. The van der Waals surface area contributed by atoms with Crippen LogP contribution in [0.15, 0.2) is 11.1 Å². The number of esters is 1. The number of likely N-dealkylation sites (N-methyl/N-ethyl adjacent to an activating group) is 1. The van der Waals surface area contributed by atoms with Gasteiger partial charge in [-0.2, -0.15) is 0 Å². The molecule has 8 heteroatoms. The van der Waals surface area contributed by atoms with E-state index in [0.717, 1.165) is 11.1 Å². The maximum absolute atomic E-state index is 13.0. The van der Waals surface area contributed by atoms with Gasteiger partial charge >= 0.3 is 5.97 Å². The van der Waals surface area contributed by atoms with Crippen LogP contribution in [0.1, 0.15) is 76.2 Å². The summed E-state index contributed by atoms with van der Waals surface area (Å²) in [5.41, 5.74) is -2.86. The van der Waals surface area contributed by atoms with Crippen molar-refractivity contribution in [3.05, 3.63) is 11.1 Å². The topological polar surface area (TPSA) is 92.8 Å². The van der Waals surface area contributed by atoms with Crippen molar-refractivity contribution in [2.24, 2.45) is 10.8 Å². The highest BCUT2D eigenvalue weighted by molar-refractivity contribution is 6.10. The van der Waals surface area contributed by atoms with Crippen LogP contribution in [-0.4, -0.2) is 60.9 Å². The van der Waals surface area contributed by atoms with Crippen molar-refractivity contribution in [2.45, 2.75) is 87.3 Å². The van der Waals surface area contributed by atoms with Crippen molar-refractivity contribution in [3.8, 4) is 0 Å². The minimum atomic E-state index is -1.52. The van der Waals surface area contributed by atoms with Crippen LogP contribution < -0.4 is 5.32 Å². The predicted molar refractivity (Wildman–Crippen MR) is 125 cm³/mol. The van der Waals surface area contributed by atoms with E-state index < -0.39 is 33.8 Å². The van der Waals surface area contributed by atoms with Crippen LogP contribution >= 0.6 is 0 Å². The van der Waals surface area contributed by atoms with Crippen LogP contribution in [0.2, 0.25) is 0 Å². The lowest BCUT2D eigenvalue weighted by Crippen LogP contribution is -2.59. The lowest BCUT2D eigenvalue weighted by atomic mass is 9.76. The van der Waals surface area contributed by atoms with Gasteiger partial charge in [-0.15, -0.1) is 0 Å². The number of allylic oxidation sites excluding steroid dienone is 1. The molecule has 0 aromatic rings. The SMILES string of the molecule is BCN(C)C(=O)C(C)(C)NC(=O)C(C)(C)C(=O)OC(C)(C)/C(C)=C(/C)C(C)(C)C(C)=O. The number of rotatable bonds is 9. The molecule has 0 unspecified atom stereocenters. The number of nitrogens with zero attached hydrogens (tertiary/aromatic N) is 1. The number of Topliss-reactive ketones (excluding diaryl/α,β-unsaturated/α-hetero) is 1. The van der Waals surface area contributed by atoms with Gasteiger partial charge in [-0.1, -0.05) is 5.57 Å². The summed E-state index contributed by atoms with van der Waals surface area (Å²) in [5, 5.41) is 2.68. The van der Waals surface area contributed by atoms with Gasteiger partial charge in [-0.25, -0.2) is 0 Å². The van der Waals surface area contributed by atoms with Gasteiger partial charge < -0.3 is 15.0 Å². The molecular weight excluding hydrogens is 395 g/mol. The molecular formula is C23H41BN2O5. The fourth-order valence-electron chi connectivity index (χ4n) is 2.83. The van der Waals surface area contributed by atoms with Gasteiger partial charge in [0.2, 0.25) is 11.8 Å². The number of ketones is 1. The van der Waals surface area contributed by atoms with Crippen molar-refractivity contribution in [1.82, 2.24) is 10.2 Å². The number of hydrogen-bond donors (Lipinski definition) is 1. The Hall–Kier alpha value is -2.12. The average Bonchev–Trinajstić information content (AvgIpc) is 2.64. The summed E-state index contributed by atoms with van der Waals surface area (Å²) in [6.45, 7) is 18.5. The summed E-state index contributed by atoms with van der Waals surface area (Å²) in [4.78, 5) is 52.0. The Kier molecular flexibility index (Phi) is 8.92. The van der Waals surface area contributed by atoms with Crippen LogP contribution in [0.25, 0.3) is 0 Å². The zero-order valence-corrected chi connectivity index (χ0v) is 21.7. The van der Waals surface area contributed by atoms with Crippen molar-refractivity contribution in [2.75, 3.05) is 13.5 Å². The van der Waals surface area contributed by atoms with Crippen molar-refractivity contribution >= 4 is 31.4 Å². The largest absolute Gasteiger partial charge is 0.454 e. The molecule has 7 nitrogen and oxygen atoms in total. The highest BCUT2D eigenvalue weighted by Gasteiger charge is 2.45. The van der Waals surface area contributed by atoms with Crippen LogP contribution in [0.5, 0.6) is 0 Å². The van der Waals surface area contributed by atoms with Crippen LogP contribution in [-0.2, 0) is 23.9 Å². The fraction of sp³-hybridized carbons (Fsp3) is 0.739. The molecule has 0 aromatic heterocycles. The predicted octanol–water partition coefficient (Wildman–Crippen LogP) is 2.23. The Morgan fingerprint density at radius 2 is 1.29 bits per heavy atom. The van der Waals surface area contributed by atoms with Crippen LogP contribution in [0.4, 0.5) is 0 Å². The zero-order valence-electron chi connectivity index (χ0n) is 21.7. The molecule has 0 radical (unpaired) electrons. The summed E-state index contributed by atoms with van der Waals surface area (Å²) < 4.78 is 5.76. The molecule has 0 saturated carbocycles. The number of ether oxygens (including phenoxy) is 1. The van der Waals surface area contributed by atoms with Gasteiger partial charge in [0, 0.05) is 12.5 Å². The molecule has 2 amide bonds. The van der Waals surface area contributed by atoms with E-state index in [-0.39, 0.29) is 11.7 Å². The second-order valence-electron chi connectivity index (χ2n) is 10.4. The monoisotopic (exact) mass is 436 g/mol. The Bertz CT molecular complexity index is 779.